The van der Waals surface area contributed by atoms with Gasteiger partial charge in [0.25, 0.3) is 0 Å². The van der Waals surface area contributed by atoms with E-state index in [1.54, 1.807) is 18.0 Å². The Bertz CT molecular complexity index is 528. The molecule has 0 aliphatic heterocycles. The van der Waals surface area contributed by atoms with Crippen molar-refractivity contribution in [1.29, 1.82) is 0 Å². The Morgan fingerprint density at radius 3 is 2.62 bits per heavy atom. The molecule has 0 heterocycles. The first-order valence-electron chi connectivity index (χ1n) is 9.53. The third-order valence-corrected chi connectivity index (χ3v) is 5.65. The third kappa shape index (κ3) is 7.64. The van der Waals surface area contributed by atoms with Crippen molar-refractivity contribution < 1.29 is 9.13 Å². The minimum Gasteiger partial charge on any atom is -0.490 e. The van der Waals surface area contributed by atoms with E-state index in [-0.39, 0.29) is 5.82 Å². The normalized spacial score (nSPS) is 17.4. The number of hydrogen-bond acceptors (Lipinski definition) is 6. The molecule has 3 rings (SSSR count). The topological polar surface area (TPSA) is 73.3 Å². The Hall–Kier alpha value is -0.470. The predicted octanol–water partition coefficient (Wildman–Crippen LogP) is 4.22. The van der Waals surface area contributed by atoms with Gasteiger partial charge in [-0.05, 0) is 74.6 Å². The molecule has 0 radical (unpaired) electrons. The van der Waals surface area contributed by atoms with Crippen LogP contribution < -0.4 is 20.3 Å². The van der Waals surface area contributed by atoms with Crippen LogP contribution in [0.3, 0.4) is 0 Å². The maximum Gasteiger partial charge on any atom is 0.165 e. The van der Waals surface area contributed by atoms with Crippen molar-refractivity contribution in [3.63, 3.8) is 0 Å². The largest absolute Gasteiger partial charge is 0.490 e. The molecule has 1 unspecified atom stereocenters. The van der Waals surface area contributed by atoms with E-state index in [2.05, 4.69) is 22.7 Å². The molecule has 7 heteroatoms. The van der Waals surface area contributed by atoms with Crippen molar-refractivity contribution in [2.45, 2.75) is 51.0 Å². The van der Waals surface area contributed by atoms with Crippen LogP contribution in [-0.2, 0) is 0 Å². The van der Waals surface area contributed by atoms with Gasteiger partial charge in [-0.15, -0.1) is 12.8 Å². The van der Waals surface area contributed by atoms with Gasteiger partial charge < -0.3 is 10.5 Å². The Morgan fingerprint density at radius 1 is 1.19 bits per heavy atom. The number of rotatable bonds is 12. The average molecular weight is 402 g/mol. The number of thiol groups is 1. The van der Waals surface area contributed by atoms with Crippen LogP contribution in [0.1, 0.15) is 56.6 Å². The van der Waals surface area contributed by atoms with E-state index in [0.717, 1.165) is 24.3 Å². The van der Waals surface area contributed by atoms with Crippen LogP contribution >= 0.6 is 24.8 Å². The van der Waals surface area contributed by atoms with Crippen molar-refractivity contribution in [2.24, 2.45) is 22.7 Å². The fourth-order valence-corrected chi connectivity index (χ4v) is 3.80. The Labute approximate surface area is 166 Å². The molecule has 1 aromatic carbocycles. The molecule has 0 aromatic heterocycles. The Morgan fingerprint density at radius 2 is 1.96 bits per heavy atom. The summed E-state index contributed by atoms with van der Waals surface area (Å²) in [7, 11) is 0. The Kier molecular flexibility index (Phi) is 10.1. The minimum atomic E-state index is -0.247. The molecule has 1 aromatic rings. The average Bonchev–Trinajstić information content (AvgIpc) is 3.57. The first-order chi connectivity index (χ1) is 12.8. The zero-order valence-electron chi connectivity index (χ0n) is 15.3. The molecule has 0 saturated heterocycles. The summed E-state index contributed by atoms with van der Waals surface area (Å²) in [5.41, 5.74) is 6.68. The molecule has 2 aliphatic rings. The fraction of sp³-hybridized carbons (Fsp3) is 0.684. The first-order valence-corrected chi connectivity index (χ1v) is 11.0. The van der Waals surface area contributed by atoms with Crippen LogP contribution in [0.15, 0.2) is 18.2 Å². The van der Waals surface area contributed by atoms with Gasteiger partial charge in [-0.1, -0.05) is 24.4 Å². The standard InChI is InChI=1S/C19H29FN2OS.H3NS/c20-17-9-8-16(12-18(17)23-13-14-4-5-14)19(15-6-7-15)22-24-11-3-1-2-10-21;1-2/h8-9,12,14-15,19,22H,1-7,10-11,13,21H2;2H,1H2. The quantitative estimate of drug-likeness (QED) is 0.240. The van der Waals surface area contributed by atoms with Crippen LogP contribution in [0, 0.1) is 17.7 Å². The fourth-order valence-electron chi connectivity index (χ4n) is 2.83. The molecule has 2 fully saturated rings. The highest BCUT2D eigenvalue weighted by Crippen LogP contribution is 2.43. The van der Waals surface area contributed by atoms with E-state index in [4.69, 9.17) is 10.5 Å². The van der Waals surface area contributed by atoms with Crippen LogP contribution in [0.4, 0.5) is 4.39 Å². The second-order valence-corrected chi connectivity index (χ2v) is 8.01. The summed E-state index contributed by atoms with van der Waals surface area (Å²) in [6, 6.07) is 5.67. The molecule has 4 nitrogen and oxygen atoms in total. The van der Waals surface area contributed by atoms with E-state index < -0.39 is 0 Å². The number of ether oxygens (including phenoxy) is 1. The Balaban J connectivity index is 0.00000117. The molecule has 26 heavy (non-hydrogen) atoms. The number of hydrogen-bond donors (Lipinski definition) is 4. The van der Waals surface area contributed by atoms with Crippen LogP contribution in [0.25, 0.3) is 0 Å². The molecule has 0 amide bonds. The summed E-state index contributed by atoms with van der Waals surface area (Å²) in [6.07, 6.45) is 8.41. The molecule has 0 bridgehead atoms. The molecular weight excluding hydrogens is 369 g/mol. The molecular formula is C19H32FN3OS2. The van der Waals surface area contributed by atoms with Gasteiger partial charge in [0.05, 0.1) is 6.61 Å². The van der Waals surface area contributed by atoms with Gasteiger partial charge >= 0.3 is 0 Å². The number of benzene rings is 1. The number of halogens is 1. The molecule has 5 N–H and O–H groups in total. The number of nitrogens with one attached hydrogen (secondary N) is 1. The highest BCUT2D eigenvalue weighted by atomic mass is 32.2. The summed E-state index contributed by atoms with van der Waals surface area (Å²) < 4.78 is 23.3. The molecule has 2 aliphatic carbocycles. The summed E-state index contributed by atoms with van der Waals surface area (Å²) in [4.78, 5) is 0. The van der Waals surface area contributed by atoms with E-state index >= 15 is 0 Å². The maximum atomic E-state index is 14.0. The van der Waals surface area contributed by atoms with E-state index in [9.17, 15) is 4.39 Å². The smallest absolute Gasteiger partial charge is 0.165 e. The lowest BCUT2D eigenvalue weighted by atomic mass is 10.0. The van der Waals surface area contributed by atoms with Gasteiger partial charge in [0.2, 0.25) is 0 Å². The lowest BCUT2D eigenvalue weighted by Crippen LogP contribution is -2.17. The first kappa shape index (κ1) is 21.8. The zero-order chi connectivity index (χ0) is 18.8. The third-order valence-electron chi connectivity index (χ3n) is 4.74. The van der Waals surface area contributed by atoms with Gasteiger partial charge in [-0.3, -0.25) is 9.86 Å². The predicted molar refractivity (Wildman–Crippen MR) is 112 cm³/mol. The summed E-state index contributed by atoms with van der Waals surface area (Å²) in [5, 5.41) is 4.19. The molecule has 0 spiro atoms. The molecule has 148 valence electrons. The maximum absolute atomic E-state index is 14.0. The minimum absolute atomic E-state index is 0.247. The molecule has 1 atom stereocenters. The van der Waals surface area contributed by atoms with Gasteiger partial charge in [-0.2, -0.15) is 0 Å². The summed E-state index contributed by atoms with van der Waals surface area (Å²) >= 11 is 4.82. The van der Waals surface area contributed by atoms with Crippen LogP contribution in [-0.4, -0.2) is 18.9 Å². The highest BCUT2D eigenvalue weighted by Gasteiger charge is 2.32. The molecule has 2 saturated carbocycles. The van der Waals surface area contributed by atoms with Crippen molar-refractivity contribution in [2.75, 3.05) is 18.9 Å². The van der Waals surface area contributed by atoms with E-state index in [1.807, 2.05) is 12.1 Å². The van der Waals surface area contributed by atoms with Gasteiger partial charge in [0.15, 0.2) is 11.6 Å². The monoisotopic (exact) mass is 401 g/mol. The number of nitrogens with two attached hydrogens (primary N) is 2. The summed E-state index contributed by atoms with van der Waals surface area (Å²) in [6.45, 7) is 1.43. The second-order valence-electron chi connectivity index (χ2n) is 7.07. The van der Waals surface area contributed by atoms with Gasteiger partial charge in [0, 0.05) is 11.8 Å². The lowest BCUT2D eigenvalue weighted by molar-refractivity contribution is 0.284. The van der Waals surface area contributed by atoms with Crippen molar-refractivity contribution in [1.82, 2.24) is 4.72 Å². The highest BCUT2D eigenvalue weighted by molar-refractivity contribution is 7.97. The zero-order valence-corrected chi connectivity index (χ0v) is 17.0. The van der Waals surface area contributed by atoms with Crippen LogP contribution in [0.5, 0.6) is 5.75 Å². The van der Waals surface area contributed by atoms with E-state index in [1.165, 1.54) is 38.5 Å². The van der Waals surface area contributed by atoms with E-state index in [0.29, 0.717) is 30.2 Å². The van der Waals surface area contributed by atoms with Crippen molar-refractivity contribution >= 4 is 24.8 Å². The second kappa shape index (κ2) is 12.1. The van der Waals surface area contributed by atoms with Gasteiger partial charge in [-0.25, -0.2) is 4.39 Å². The van der Waals surface area contributed by atoms with Gasteiger partial charge in [0.1, 0.15) is 0 Å². The van der Waals surface area contributed by atoms with Crippen molar-refractivity contribution in [3.05, 3.63) is 29.6 Å². The SMILES string of the molecule is NCCCCCSNC(c1ccc(F)c(OCC2CC2)c1)C1CC1.NS. The number of unbranched alkanes of at least 4 members (excludes halogenated alkanes) is 2. The summed E-state index contributed by atoms with van der Waals surface area (Å²) in [5.74, 6) is 2.57. The van der Waals surface area contributed by atoms with Crippen LogP contribution in [0.2, 0.25) is 0 Å². The lowest BCUT2D eigenvalue weighted by Gasteiger charge is -2.19. The van der Waals surface area contributed by atoms with Crippen molar-refractivity contribution in [3.8, 4) is 5.75 Å².